The second-order valence-corrected chi connectivity index (χ2v) is 5.63. The summed E-state index contributed by atoms with van der Waals surface area (Å²) in [6.45, 7) is 8.89. The molecule has 0 aromatic heterocycles. The lowest BCUT2D eigenvalue weighted by molar-refractivity contribution is 0.0286. The monoisotopic (exact) mass is 247 g/mol. The molecule has 0 aromatic rings. The molecule has 2 atom stereocenters. The average Bonchev–Trinajstić information content (AvgIpc) is 2.11. The van der Waals surface area contributed by atoms with Crippen LogP contribution in [0, 0.1) is 5.92 Å². The van der Waals surface area contributed by atoms with Gasteiger partial charge < -0.3 is 20.3 Å². The van der Waals surface area contributed by atoms with Gasteiger partial charge in [0.05, 0.1) is 18.8 Å². The van der Waals surface area contributed by atoms with Gasteiger partial charge in [0.2, 0.25) is 0 Å². The molecule has 0 heterocycles. The van der Waals surface area contributed by atoms with Crippen molar-refractivity contribution in [1.82, 2.24) is 5.32 Å². The van der Waals surface area contributed by atoms with Crippen LogP contribution in [-0.2, 0) is 4.74 Å². The number of hydrogen-bond acceptors (Lipinski definition) is 4. The summed E-state index contributed by atoms with van der Waals surface area (Å²) < 4.78 is 5.10. The Morgan fingerprint density at radius 1 is 1.35 bits per heavy atom. The van der Waals surface area contributed by atoms with Gasteiger partial charge in [0.15, 0.2) is 0 Å². The molecule has 0 fully saturated rings. The molecule has 0 rings (SSSR count). The summed E-state index contributed by atoms with van der Waals surface area (Å²) in [5.74, 6) is 0.302. The van der Waals surface area contributed by atoms with Crippen LogP contribution in [-0.4, -0.2) is 40.7 Å². The summed E-state index contributed by atoms with van der Waals surface area (Å²) in [5, 5.41) is 21.1. The van der Waals surface area contributed by atoms with E-state index < -0.39 is 23.8 Å². The van der Waals surface area contributed by atoms with Crippen molar-refractivity contribution in [2.24, 2.45) is 5.92 Å². The van der Waals surface area contributed by atoms with Crippen molar-refractivity contribution in [3.8, 4) is 0 Å². The molecular formula is C12H25NO4. The summed E-state index contributed by atoms with van der Waals surface area (Å²) in [6, 6.07) is -0.491. The molecule has 0 unspecified atom stereocenters. The molecule has 102 valence electrons. The molecule has 0 saturated heterocycles. The van der Waals surface area contributed by atoms with Gasteiger partial charge in [-0.05, 0) is 33.1 Å². The smallest absolute Gasteiger partial charge is 0.407 e. The van der Waals surface area contributed by atoms with Crippen LogP contribution in [0.3, 0.4) is 0 Å². The van der Waals surface area contributed by atoms with Crippen LogP contribution in [0.4, 0.5) is 4.79 Å². The van der Waals surface area contributed by atoms with Gasteiger partial charge in [0.1, 0.15) is 5.60 Å². The van der Waals surface area contributed by atoms with Crippen molar-refractivity contribution in [3.63, 3.8) is 0 Å². The number of ether oxygens (including phenoxy) is 1. The molecule has 0 spiro atoms. The third kappa shape index (κ3) is 7.99. The lowest BCUT2D eigenvalue weighted by Gasteiger charge is -2.26. The van der Waals surface area contributed by atoms with E-state index in [4.69, 9.17) is 9.84 Å². The first kappa shape index (κ1) is 16.2. The largest absolute Gasteiger partial charge is 0.444 e. The van der Waals surface area contributed by atoms with E-state index in [1.165, 1.54) is 0 Å². The Hall–Kier alpha value is -0.810. The molecule has 0 aliphatic heterocycles. The molecule has 5 heteroatoms. The number of rotatable bonds is 5. The molecule has 0 bridgehead atoms. The molecule has 0 radical (unpaired) electrons. The maximum absolute atomic E-state index is 11.5. The van der Waals surface area contributed by atoms with Gasteiger partial charge in [0.25, 0.3) is 0 Å². The van der Waals surface area contributed by atoms with Crippen LogP contribution >= 0.6 is 0 Å². The van der Waals surface area contributed by atoms with Crippen molar-refractivity contribution in [2.75, 3.05) is 6.61 Å². The predicted molar refractivity (Wildman–Crippen MR) is 65.7 cm³/mol. The van der Waals surface area contributed by atoms with E-state index in [1.807, 2.05) is 13.8 Å². The minimum Gasteiger partial charge on any atom is -0.444 e. The van der Waals surface area contributed by atoms with Crippen molar-refractivity contribution < 1.29 is 19.7 Å². The molecule has 0 aliphatic rings. The first-order valence-electron chi connectivity index (χ1n) is 5.94. The Labute approximate surface area is 103 Å². The molecule has 0 aliphatic carbocycles. The van der Waals surface area contributed by atoms with Crippen LogP contribution in [0.5, 0.6) is 0 Å². The van der Waals surface area contributed by atoms with E-state index >= 15 is 0 Å². The van der Waals surface area contributed by atoms with Crippen molar-refractivity contribution >= 4 is 6.09 Å². The SMILES string of the molecule is CC(C)C[C@H](NC(=O)OC(C)(C)C)[C@H](O)CO. The number of aliphatic hydroxyl groups excluding tert-OH is 2. The lowest BCUT2D eigenvalue weighted by atomic mass is 10.00. The molecule has 0 saturated carbocycles. The van der Waals surface area contributed by atoms with Gasteiger partial charge in [-0.1, -0.05) is 13.8 Å². The van der Waals surface area contributed by atoms with Gasteiger partial charge in [-0.15, -0.1) is 0 Å². The summed E-state index contributed by atoms with van der Waals surface area (Å²) in [6.07, 6.45) is -0.957. The Morgan fingerprint density at radius 2 is 1.88 bits per heavy atom. The van der Waals surface area contributed by atoms with Crippen molar-refractivity contribution in [2.45, 2.75) is 58.8 Å². The van der Waals surface area contributed by atoms with Gasteiger partial charge in [-0.25, -0.2) is 4.79 Å². The zero-order valence-corrected chi connectivity index (χ0v) is 11.4. The maximum atomic E-state index is 11.5. The zero-order chi connectivity index (χ0) is 13.6. The number of carbonyl (C=O) groups is 1. The Bertz CT molecular complexity index is 235. The van der Waals surface area contributed by atoms with Crippen molar-refractivity contribution in [1.29, 1.82) is 0 Å². The fourth-order valence-electron chi connectivity index (χ4n) is 1.41. The fraction of sp³-hybridized carbons (Fsp3) is 0.917. The Kier molecular flexibility index (Phi) is 6.49. The lowest BCUT2D eigenvalue weighted by Crippen LogP contribution is -2.47. The minimum atomic E-state index is -0.968. The third-order valence-corrected chi connectivity index (χ3v) is 2.08. The molecule has 3 N–H and O–H groups in total. The number of hydrogen-bond donors (Lipinski definition) is 3. The van der Waals surface area contributed by atoms with E-state index in [1.54, 1.807) is 20.8 Å². The van der Waals surface area contributed by atoms with E-state index in [0.717, 1.165) is 0 Å². The molecule has 1 amide bonds. The zero-order valence-electron chi connectivity index (χ0n) is 11.4. The number of aliphatic hydroxyl groups is 2. The van der Waals surface area contributed by atoms with Gasteiger partial charge in [-0.3, -0.25) is 0 Å². The third-order valence-electron chi connectivity index (χ3n) is 2.08. The summed E-state index contributed by atoms with van der Waals surface area (Å²) in [7, 11) is 0. The number of nitrogens with one attached hydrogen (secondary N) is 1. The normalized spacial score (nSPS) is 15.5. The second-order valence-electron chi connectivity index (χ2n) is 5.63. The van der Waals surface area contributed by atoms with Crippen molar-refractivity contribution in [3.05, 3.63) is 0 Å². The molecular weight excluding hydrogens is 222 g/mol. The molecule has 17 heavy (non-hydrogen) atoms. The summed E-state index contributed by atoms with van der Waals surface area (Å²) in [4.78, 5) is 11.5. The van der Waals surface area contributed by atoms with Gasteiger partial charge >= 0.3 is 6.09 Å². The van der Waals surface area contributed by atoms with Crippen LogP contribution in [0.2, 0.25) is 0 Å². The van der Waals surface area contributed by atoms with E-state index in [9.17, 15) is 9.90 Å². The van der Waals surface area contributed by atoms with Crippen LogP contribution in [0.25, 0.3) is 0 Å². The number of alkyl carbamates (subject to hydrolysis) is 1. The topological polar surface area (TPSA) is 78.8 Å². The minimum absolute atomic E-state index is 0.302. The summed E-state index contributed by atoms with van der Waals surface area (Å²) >= 11 is 0. The first-order chi connectivity index (χ1) is 7.65. The standard InChI is InChI=1S/C12H25NO4/c1-8(2)6-9(10(15)7-14)13-11(16)17-12(3,4)5/h8-10,14-15H,6-7H2,1-5H3,(H,13,16)/t9-,10+/m0/s1. The van der Waals surface area contributed by atoms with Crippen LogP contribution < -0.4 is 5.32 Å². The van der Waals surface area contributed by atoms with E-state index in [2.05, 4.69) is 5.32 Å². The second kappa shape index (κ2) is 6.81. The van der Waals surface area contributed by atoms with Crippen LogP contribution in [0.1, 0.15) is 41.0 Å². The first-order valence-corrected chi connectivity index (χ1v) is 5.94. The number of amides is 1. The average molecular weight is 247 g/mol. The van der Waals surface area contributed by atoms with Gasteiger partial charge in [-0.2, -0.15) is 0 Å². The van der Waals surface area contributed by atoms with Crippen LogP contribution in [0.15, 0.2) is 0 Å². The highest BCUT2D eigenvalue weighted by Gasteiger charge is 2.24. The highest BCUT2D eigenvalue weighted by molar-refractivity contribution is 5.68. The van der Waals surface area contributed by atoms with E-state index in [-0.39, 0.29) is 6.61 Å². The highest BCUT2D eigenvalue weighted by atomic mass is 16.6. The molecule has 0 aromatic carbocycles. The predicted octanol–water partition coefficient (Wildman–Crippen LogP) is 1.28. The fourth-order valence-corrected chi connectivity index (χ4v) is 1.41. The maximum Gasteiger partial charge on any atom is 0.407 e. The highest BCUT2D eigenvalue weighted by Crippen LogP contribution is 2.11. The van der Waals surface area contributed by atoms with E-state index in [0.29, 0.717) is 12.3 Å². The summed E-state index contributed by atoms with van der Waals surface area (Å²) in [5.41, 5.74) is -0.573. The Balaban J connectivity index is 4.37. The Morgan fingerprint density at radius 3 is 2.24 bits per heavy atom. The van der Waals surface area contributed by atoms with Gasteiger partial charge in [0, 0.05) is 0 Å². The quantitative estimate of drug-likeness (QED) is 0.684. The molecule has 5 nitrogen and oxygen atoms in total. The number of carbonyl (C=O) groups excluding carboxylic acids is 1.